The second-order valence-electron chi connectivity index (χ2n) is 10.9. The highest BCUT2D eigenvalue weighted by Gasteiger charge is 2.29. The summed E-state index contributed by atoms with van der Waals surface area (Å²) < 4.78 is 39.7. The molecule has 0 aliphatic carbocycles. The molecule has 3 aromatic carbocycles. The van der Waals surface area contributed by atoms with Gasteiger partial charge in [0.25, 0.3) is 10.0 Å². The average Bonchev–Trinajstić information content (AvgIpc) is 2.95. The summed E-state index contributed by atoms with van der Waals surface area (Å²) >= 11 is 0. The van der Waals surface area contributed by atoms with Gasteiger partial charge in [-0.05, 0) is 92.6 Å². The van der Waals surface area contributed by atoms with Gasteiger partial charge >= 0.3 is 0 Å². The number of hydrogen-bond donors (Lipinski definition) is 1. The lowest BCUT2D eigenvalue weighted by Crippen LogP contribution is -2.41. The SMILES string of the molecule is COc1ccc(S(=O)(=O)N(CC(=O)NC(C)c2ccc(N3CCC(C)CC3)cc2)c2cc(C)cc(C)c2)cc1OC. The van der Waals surface area contributed by atoms with Crippen LogP contribution in [0.25, 0.3) is 0 Å². The summed E-state index contributed by atoms with van der Waals surface area (Å²) in [5.74, 6) is 1.06. The topological polar surface area (TPSA) is 88.2 Å². The molecule has 1 atom stereocenters. The first kappa shape index (κ1) is 30.2. The van der Waals surface area contributed by atoms with E-state index in [4.69, 9.17) is 9.47 Å². The summed E-state index contributed by atoms with van der Waals surface area (Å²) in [6.45, 7) is 9.71. The van der Waals surface area contributed by atoms with Crippen molar-refractivity contribution in [3.05, 3.63) is 77.4 Å². The molecule has 1 amide bonds. The largest absolute Gasteiger partial charge is 0.493 e. The minimum absolute atomic E-state index is 0.00199. The lowest BCUT2D eigenvalue weighted by Gasteiger charge is -2.32. The monoisotopic (exact) mass is 579 g/mol. The van der Waals surface area contributed by atoms with E-state index in [2.05, 4.69) is 29.3 Å². The van der Waals surface area contributed by atoms with Gasteiger partial charge in [-0.15, -0.1) is 0 Å². The van der Waals surface area contributed by atoms with Crippen LogP contribution in [-0.4, -0.2) is 48.2 Å². The second kappa shape index (κ2) is 12.9. The maximum absolute atomic E-state index is 14.0. The van der Waals surface area contributed by atoms with Crippen molar-refractivity contribution in [3.8, 4) is 11.5 Å². The number of anilines is 2. The van der Waals surface area contributed by atoms with Crippen LogP contribution >= 0.6 is 0 Å². The standard InChI is InChI=1S/C32H41N3O5S/c1-22-13-15-34(16-14-22)27-9-7-26(8-10-27)25(4)33-32(36)21-35(28-18-23(2)17-24(3)19-28)41(37,38)29-11-12-30(39-5)31(20-29)40-6/h7-12,17-20,22,25H,13-16,21H2,1-6H3,(H,33,36). The molecule has 1 heterocycles. The smallest absolute Gasteiger partial charge is 0.264 e. The zero-order valence-electron chi connectivity index (χ0n) is 24.8. The van der Waals surface area contributed by atoms with E-state index in [0.29, 0.717) is 11.4 Å². The minimum Gasteiger partial charge on any atom is -0.493 e. The van der Waals surface area contributed by atoms with Gasteiger partial charge in [0.15, 0.2) is 11.5 Å². The highest BCUT2D eigenvalue weighted by Crippen LogP contribution is 2.33. The Hall–Kier alpha value is -3.72. The molecule has 41 heavy (non-hydrogen) atoms. The van der Waals surface area contributed by atoms with Gasteiger partial charge in [-0.1, -0.05) is 25.1 Å². The Morgan fingerprint density at radius 3 is 2.15 bits per heavy atom. The van der Waals surface area contributed by atoms with Crippen molar-refractivity contribution in [1.29, 1.82) is 0 Å². The molecule has 1 aliphatic heterocycles. The zero-order chi connectivity index (χ0) is 29.7. The highest BCUT2D eigenvalue weighted by atomic mass is 32.2. The third-order valence-corrected chi connectivity index (χ3v) is 9.41. The van der Waals surface area contributed by atoms with Crippen LogP contribution in [0.15, 0.2) is 65.6 Å². The van der Waals surface area contributed by atoms with Crippen molar-refractivity contribution in [2.45, 2.75) is 51.5 Å². The van der Waals surface area contributed by atoms with Gasteiger partial charge in [0, 0.05) is 24.8 Å². The molecule has 0 radical (unpaired) electrons. The Labute approximate surface area is 244 Å². The summed E-state index contributed by atoms with van der Waals surface area (Å²) in [4.78, 5) is 15.8. The summed E-state index contributed by atoms with van der Waals surface area (Å²) in [5.41, 5.74) is 4.34. The first-order valence-corrected chi connectivity index (χ1v) is 15.4. The fraction of sp³-hybridized carbons (Fsp3) is 0.406. The highest BCUT2D eigenvalue weighted by molar-refractivity contribution is 7.92. The lowest BCUT2D eigenvalue weighted by atomic mass is 9.98. The average molecular weight is 580 g/mol. The van der Waals surface area contributed by atoms with E-state index < -0.39 is 15.9 Å². The first-order valence-electron chi connectivity index (χ1n) is 14.0. The Bertz CT molecular complexity index is 1440. The minimum atomic E-state index is -4.13. The van der Waals surface area contributed by atoms with Crippen LogP contribution in [0.2, 0.25) is 0 Å². The molecule has 1 fully saturated rings. The predicted octanol–water partition coefficient (Wildman–Crippen LogP) is 5.63. The van der Waals surface area contributed by atoms with Gasteiger partial charge in [0.2, 0.25) is 5.91 Å². The number of sulfonamides is 1. The van der Waals surface area contributed by atoms with E-state index in [9.17, 15) is 13.2 Å². The number of amides is 1. The van der Waals surface area contributed by atoms with Crippen molar-refractivity contribution in [2.24, 2.45) is 5.92 Å². The molecule has 0 aromatic heterocycles. The number of aryl methyl sites for hydroxylation is 2. The molecule has 3 aromatic rings. The number of benzene rings is 3. The van der Waals surface area contributed by atoms with Crippen molar-refractivity contribution in [2.75, 3.05) is 43.1 Å². The van der Waals surface area contributed by atoms with Crippen LogP contribution in [0.4, 0.5) is 11.4 Å². The van der Waals surface area contributed by atoms with E-state index in [-0.39, 0.29) is 23.2 Å². The van der Waals surface area contributed by atoms with Gasteiger partial charge in [-0.2, -0.15) is 0 Å². The summed E-state index contributed by atoms with van der Waals surface area (Å²) in [7, 11) is -1.20. The summed E-state index contributed by atoms with van der Waals surface area (Å²) in [5, 5.41) is 2.99. The van der Waals surface area contributed by atoms with Gasteiger partial charge in [0.05, 0.1) is 30.8 Å². The number of piperidine rings is 1. The molecule has 1 N–H and O–H groups in total. The number of carbonyl (C=O) groups excluding carboxylic acids is 1. The van der Waals surface area contributed by atoms with Crippen molar-refractivity contribution in [3.63, 3.8) is 0 Å². The molecule has 1 unspecified atom stereocenters. The Kier molecular flexibility index (Phi) is 9.48. The fourth-order valence-corrected chi connectivity index (χ4v) is 6.68. The van der Waals surface area contributed by atoms with Crippen LogP contribution < -0.4 is 24.0 Å². The number of nitrogens with one attached hydrogen (secondary N) is 1. The molecule has 8 nitrogen and oxygen atoms in total. The summed E-state index contributed by atoms with van der Waals surface area (Å²) in [6, 6.07) is 17.8. The second-order valence-corrected chi connectivity index (χ2v) is 12.8. The normalized spacial score (nSPS) is 14.8. The van der Waals surface area contributed by atoms with E-state index in [0.717, 1.165) is 40.0 Å². The summed E-state index contributed by atoms with van der Waals surface area (Å²) in [6.07, 6.45) is 2.38. The maximum Gasteiger partial charge on any atom is 0.264 e. The van der Waals surface area contributed by atoms with Crippen LogP contribution in [0, 0.1) is 19.8 Å². The van der Waals surface area contributed by atoms with Gasteiger partial charge < -0.3 is 19.7 Å². The van der Waals surface area contributed by atoms with E-state index in [1.54, 1.807) is 18.2 Å². The Balaban J connectivity index is 1.56. The number of rotatable bonds is 10. The Morgan fingerprint density at radius 2 is 1.56 bits per heavy atom. The van der Waals surface area contributed by atoms with E-state index in [1.807, 2.05) is 39.0 Å². The number of methoxy groups -OCH3 is 2. The van der Waals surface area contributed by atoms with Crippen molar-refractivity contribution < 1.29 is 22.7 Å². The van der Waals surface area contributed by atoms with Gasteiger partial charge in [0.1, 0.15) is 6.54 Å². The van der Waals surface area contributed by atoms with Crippen LogP contribution in [0.1, 0.15) is 49.4 Å². The van der Waals surface area contributed by atoms with Crippen molar-refractivity contribution in [1.82, 2.24) is 5.32 Å². The first-order chi connectivity index (χ1) is 19.5. The zero-order valence-corrected chi connectivity index (χ0v) is 25.6. The molecule has 1 saturated heterocycles. The number of carbonyl (C=O) groups is 1. The van der Waals surface area contributed by atoms with Gasteiger partial charge in [-0.3, -0.25) is 9.10 Å². The van der Waals surface area contributed by atoms with E-state index in [1.165, 1.54) is 44.9 Å². The predicted molar refractivity (Wildman–Crippen MR) is 164 cm³/mol. The third-order valence-electron chi connectivity index (χ3n) is 7.64. The molecular weight excluding hydrogens is 538 g/mol. The molecule has 0 bridgehead atoms. The van der Waals surface area contributed by atoms with Crippen LogP contribution in [-0.2, 0) is 14.8 Å². The maximum atomic E-state index is 14.0. The molecule has 220 valence electrons. The molecule has 4 rings (SSSR count). The lowest BCUT2D eigenvalue weighted by molar-refractivity contribution is -0.120. The number of hydrogen-bond acceptors (Lipinski definition) is 6. The van der Waals surface area contributed by atoms with Crippen molar-refractivity contribution >= 4 is 27.3 Å². The molecule has 0 spiro atoms. The molecule has 1 aliphatic rings. The van der Waals surface area contributed by atoms with Crippen LogP contribution in [0.3, 0.4) is 0 Å². The fourth-order valence-electron chi connectivity index (χ4n) is 5.26. The molecule has 9 heteroatoms. The third kappa shape index (κ3) is 7.14. The quantitative estimate of drug-likeness (QED) is 0.335. The number of ether oxygens (including phenoxy) is 2. The van der Waals surface area contributed by atoms with Crippen LogP contribution in [0.5, 0.6) is 11.5 Å². The van der Waals surface area contributed by atoms with E-state index >= 15 is 0 Å². The number of nitrogens with zero attached hydrogens (tertiary/aromatic N) is 2. The molecule has 0 saturated carbocycles. The Morgan fingerprint density at radius 1 is 0.951 bits per heavy atom. The molecular formula is C32H41N3O5S. The van der Waals surface area contributed by atoms with Gasteiger partial charge in [-0.25, -0.2) is 8.42 Å².